The summed E-state index contributed by atoms with van der Waals surface area (Å²) in [6.07, 6.45) is 5.42. The molecule has 3 heteroatoms. The molecule has 0 radical (unpaired) electrons. The van der Waals surface area contributed by atoms with Gasteiger partial charge in [-0.05, 0) is 44.4 Å². The van der Waals surface area contributed by atoms with Gasteiger partial charge in [-0.25, -0.2) is 0 Å². The van der Waals surface area contributed by atoms with Gasteiger partial charge >= 0.3 is 0 Å². The summed E-state index contributed by atoms with van der Waals surface area (Å²) in [6.45, 7) is 3.05. The van der Waals surface area contributed by atoms with E-state index >= 15 is 0 Å². The van der Waals surface area contributed by atoms with Crippen molar-refractivity contribution < 1.29 is 9.52 Å². The number of hydrogen-bond acceptors (Lipinski definition) is 2. The topological polar surface area (TPSA) is 38.3 Å². The van der Waals surface area contributed by atoms with E-state index < -0.39 is 0 Å². The summed E-state index contributed by atoms with van der Waals surface area (Å²) < 4.78 is 7.71. The van der Waals surface area contributed by atoms with Gasteiger partial charge in [0.05, 0.1) is 12.4 Å². The highest BCUT2D eigenvalue weighted by Crippen LogP contribution is 2.32. The molecule has 0 saturated carbocycles. The third kappa shape index (κ3) is 1.99. The number of rotatable bonds is 3. The highest BCUT2D eigenvalue weighted by Gasteiger charge is 2.22. The van der Waals surface area contributed by atoms with Crippen molar-refractivity contribution in [1.29, 1.82) is 0 Å². The lowest BCUT2D eigenvalue weighted by Crippen LogP contribution is -2.13. The fourth-order valence-corrected chi connectivity index (χ4v) is 2.93. The maximum absolute atomic E-state index is 10.0. The van der Waals surface area contributed by atoms with Gasteiger partial charge in [-0.2, -0.15) is 0 Å². The van der Waals surface area contributed by atoms with Gasteiger partial charge in [-0.15, -0.1) is 0 Å². The van der Waals surface area contributed by atoms with Crippen LogP contribution in [0.3, 0.4) is 0 Å². The summed E-state index contributed by atoms with van der Waals surface area (Å²) >= 11 is 0. The summed E-state index contributed by atoms with van der Waals surface area (Å²) in [5, 5.41) is 10.0. The molecule has 2 heterocycles. The molecule has 1 aliphatic carbocycles. The van der Waals surface area contributed by atoms with E-state index in [2.05, 4.69) is 17.6 Å². The van der Waals surface area contributed by atoms with Crippen LogP contribution in [0.25, 0.3) is 0 Å². The number of fused-ring (bicyclic) bond motifs is 1. The van der Waals surface area contributed by atoms with Crippen LogP contribution in [0.1, 0.15) is 41.7 Å². The fourth-order valence-electron chi connectivity index (χ4n) is 2.93. The van der Waals surface area contributed by atoms with Gasteiger partial charge in [0.15, 0.2) is 0 Å². The molecule has 2 aromatic heterocycles. The molecule has 0 saturated heterocycles. The van der Waals surface area contributed by atoms with E-state index in [-0.39, 0.29) is 6.10 Å². The molecule has 96 valence electrons. The van der Waals surface area contributed by atoms with Crippen LogP contribution in [-0.2, 0) is 19.4 Å². The lowest BCUT2D eigenvalue weighted by Gasteiger charge is -2.20. The van der Waals surface area contributed by atoms with Crippen LogP contribution in [0.4, 0.5) is 0 Å². The molecular weight excluding hydrogens is 226 g/mol. The quantitative estimate of drug-likeness (QED) is 0.902. The van der Waals surface area contributed by atoms with Crippen LogP contribution in [-0.4, -0.2) is 9.67 Å². The summed E-state index contributed by atoms with van der Waals surface area (Å²) in [4.78, 5) is 0. The predicted octanol–water partition coefficient (Wildman–Crippen LogP) is 3.00. The van der Waals surface area contributed by atoms with Crippen LogP contribution in [0.15, 0.2) is 28.9 Å². The van der Waals surface area contributed by atoms with E-state index in [9.17, 15) is 5.11 Å². The standard InChI is InChI=1S/C15H19NO2/c1-11-10-13-14(5-2-6-15(13)17)16(11)8-7-12-4-3-9-18-12/h3-4,9-10,15,17H,2,5-8H2,1H3. The monoisotopic (exact) mass is 245 g/mol. The highest BCUT2D eigenvalue weighted by molar-refractivity contribution is 5.31. The third-order valence-corrected chi connectivity index (χ3v) is 3.86. The second-order valence-corrected chi connectivity index (χ2v) is 5.08. The molecule has 1 atom stereocenters. The summed E-state index contributed by atoms with van der Waals surface area (Å²) in [5.41, 5.74) is 3.70. The second kappa shape index (κ2) is 4.65. The number of aromatic nitrogens is 1. The van der Waals surface area contributed by atoms with Crippen molar-refractivity contribution in [2.24, 2.45) is 0 Å². The average molecular weight is 245 g/mol. The highest BCUT2D eigenvalue weighted by atomic mass is 16.3. The third-order valence-electron chi connectivity index (χ3n) is 3.86. The minimum atomic E-state index is -0.266. The molecule has 3 rings (SSSR count). The molecule has 3 nitrogen and oxygen atoms in total. The first-order valence-corrected chi connectivity index (χ1v) is 6.65. The predicted molar refractivity (Wildman–Crippen MR) is 69.5 cm³/mol. The number of nitrogens with zero attached hydrogens (tertiary/aromatic N) is 1. The molecule has 0 aliphatic heterocycles. The van der Waals surface area contributed by atoms with Crippen molar-refractivity contribution >= 4 is 0 Å². The summed E-state index contributed by atoms with van der Waals surface area (Å²) in [5.74, 6) is 1.02. The van der Waals surface area contributed by atoms with Crippen LogP contribution >= 0.6 is 0 Å². The Bertz CT molecular complexity index is 525. The Labute approximate surface area is 107 Å². The zero-order valence-corrected chi connectivity index (χ0v) is 10.7. The van der Waals surface area contributed by atoms with Gasteiger partial charge in [0.1, 0.15) is 5.76 Å². The van der Waals surface area contributed by atoms with Gasteiger partial charge in [0.2, 0.25) is 0 Å². The van der Waals surface area contributed by atoms with Crippen molar-refractivity contribution in [3.05, 3.63) is 47.2 Å². The Morgan fingerprint density at radius 1 is 1.50 bits per heavy atom. The Kier molecular flexibility index (Phi) is 3.00. The van der Waals surface area contributed by atoms with Gasteiger partial charge in [0, 0.05) is 29.9 Å². The molecule has 0 bridgehead atoms. The van der Waals surface area contributed by atoms with Crippen molar-refractivity contribution in [2.75, 3.05) is 0 Å². The maximum atomic E-state index is 10.0. The first kappa shape index (κ1) is 11.6. The molecule has 2 aromatic rings. The Morgan fingerprint density at radius 3 is 3.17 bits per heavy atom. The van der Waals surface area contributed by atoms with Crippen LogP contribution in [0.5, 0.6) is 0 Å². The molecule has 0 amide bonds. The van der Waals surface area contributed by atoms with Crippen molar-refractivity contribution in [3.8, 4) is 0 Å². The second-order valence-electron chi connectivity index (χ2n) is 5.08. The molecule has 1 unspecified atom stereocenters. The van der Waals surface area contributed by atoms with Gasteiger partial charge in [-0.3, -0.25) is 0 Å². The zero-order chi connectivity index (χ0) is 12.5. The van der Waals surface area contributed by atoms with Gasteiger partial charge in [-0.1, -0.05) is 0 Å². The molecule has 0 spiro atoms. The molecule has 18 heavy (non-hydrogen) atoms. The molecule has 0 aromatic carbocycles. The molecular formula is C15H19NO2. The van der Waals surface area contributed by atoms with Crippen molar-refractivity contribution in [3.63, 3.8) is 0 Å². The Balaban J connectivity index is 1.83. The Hall–Kier alpha value is -1.48. The fraction of sp³-hybridized carbons (Fsp3) is 0.467. The van der Waals surface area contributed by atoms with E-state index in [0.717, 1.165) is 43.6 Å². The minimum Gasteiger partial charge on any atom is -0.469 e. The van der Waals surface area contributed by atoms with E-state index in [0.29, 0.717) is 0 Å². The largest absolute Gasteiger partial charge is 0.469 e. The van der Waals surface area contributed by atoms with Crippen LogP contribution < -0.4 is 0 Å². The summed E-state index contributed by atoms with van der Waals surface area (Å²) in [6, 6.07) is 6.08. The number of hydrogen-bond donors (Lipinski definition) is 1. The van der Waals surface area contributed by atoms with E-state index in [1.54, 1.807) is 6.26 Å². The molecule has 1 N–H and O–H groups in total. The maximum Gasteiger partial charge on any atom is 0.105 e. The Morgan fingerprint density at radius 2 is 2.39 bits per heavy atom. The lowest BCUT2D eigenvalue weighted by molar-refractivity contribution is 0.155. The number of aliphatic hydroxyl groups is 1. The first-order valence-electron chi connectivity index (χ1n) is 6.65. The van der Waals surface area contributed by atoms with Crippen molar-refractivity contribution in [1.82, 2.24) is 4.57 Å². The molecule has 1 aliphatic rings. The van der Waals surface area contributed by atoms with E-state index in [4.69, 9.17) is 4.42 Å². The smallest absolute Gasteiger partial charge is 0.105 e. The normalized spacial score (nSPS) is 18.9. The van der Waals surface area contributed by atoms with Crippen molar-refractivity contribution in [2.45, 2.75) is 45.3 Å². The average Bonchev–Trinajstić information content (AvgIpc) is 2.95. The summed E-state index contributed by atoms with van der Waals surface area (Å²) in [7, 11) is 0. The number of furan rings is 1. The number of aryl methyl sites for hydroxylation is 2. The van der Waals surface area contributed by atoms with Crippen LogP contribution in [0, 0.1) is 6.92 Å². The van der Waals surface area contributed by atoms with Crippen LogP contribution in [0.2, 0.25) is 0 Å². The van der Waals surface area contributed by atoms with Gasteiger partial charge in [0.25, 0.3) is 0 Å². The first-order chi connectivity index (χ1) is 8.75. The molecule has 0 fully saturated rings. The van der Waals surface area contributed by atoms with Gasteiger partial charge < -0.3 is 14.1 Å². The number of aliphatic hydroxyl groups excluding tert-OH is 1. The SMILES string of the molecule is Cc1cc2c(n1CCc1ccco1)CCCC2O. The van der Waals surface area contributed by atoms with E-state index in [1.807, 2.05) is 12.1 Å². The minimum absolute atomic E-state index is 0.266. The zero-order valence-electron chi connectivity index (χ0n) is 10.7. The van der Waals surface area contributed by atoms with E-state index in [1.165, 1.54) is 11.4 Å². The lowest BCUT2D eigenvalue weighted by atomic mass is 9.95.